The quantitative estimate of drug-likeness (QED) is 0.321. The largest absolute Gasteiger partial charge is 0.622 e. The second-order valence-corrected chi connectivity index (χ2v) is 7.45. The van der Waals surface area contributed by atoms with Crippen LogP contribution in [0.5, 0.6) is 0 Å². The van der Waals surface area contributed by atoms with Gasteiger partial charge in [-0.15, -0.1) is 0 Å². The summed E-state index contributed by atoms with van der Waals surface area (Å²) in [6, 6.07) is 0. The van der Waals surface area contributed by atoms with Gasteiger partial charge in [0, 0.05) is 0 Å². The van der Waals surface area contributed by atoms with E-state index in [-0.39, 0.29) is 13.1 Å². The molecule has 0 radical (unpaired) electrons. The molecule has 0 aromatic heterocycles. The van der Waals surface area contributed by atoms with Crippen LogP contribution in [0.15, 0.2) is 12.2 Å². The molecule has 1 atom stereocenters. The molecule has 0 aromatic rings. The summed E-state index contributed by atoms with van der Waals surface area (Å²) in [7, 11) is -5.11. The first kappa shape index (κ1) is 24.4. The summed E-state index contributed by atoms with van der Waals surface area (Å²) in [5.41, 5.74) is 0. The van der Waals surface area contributed by atoms with Gasteiger partial charge in [0.1, 0.15) is 5.94 Å². The lowest BCUT2D eigenvalue weighted by molar-refractivity contribution is -0.152. The maximum absolute atomic E-state index is 12.2. The van der Waals surface area contributed by atoms with Crippen LogP contribution in [0, 0.1) is 0 Å². The van der Waals surface area contributed by atoms with Crippen molar-refractivity contribution in [1.82, 2.24) is 9.62 Å². The van der Waals surface area contributed by atoms with E-state index in [2.05, 4.69) is 4.18 Å². The number of nitrogens with zero attached hydrogens (tertiary/aromatic N) is 1. The molecule has 1 aliphatic heterocycles. The van der Waals surface area contributed by atoms with Gasteiger partial charge in [-0.3, -0.25) is 14.5 Å². The third-order valence-electron chi connectivity index (χ3n) is 3.31. The Morgan fingerprint density at radius 3 is 2.36 bits per heavy atom. The molecule has 0 saturated carbocycles. The van der Waals surface area contributed by atoms with Gasteiger partial charge in [-0.05, 0) is 13.5 Å². The summed E-state index contributed by atoms with van der Waals surface area (Å²) < 4.78 is 76.0. The molecule has 160 valence electrons. The predicted molar refractivity (Wildman–Crippen MR) is 92.0 cm³/mol. The summed E-state index contributed by atoms with van der Waals surface area (Å²) >= 11 is 0. The van der Waals surface area contributed by atoms with Crippen LogP contribution in [-0.4, -0.2) is 71.2 Å². The highest BCUT2D eigenvalue weighted by Gasteiger charge is 2.41. The number of unbranched alkanes of at least 4 members (excludes halogenated alkanes) is 2. The number of hydrogen-bond donors (Lipinski definition) is 1. The van der Waals surface area contributed by atoms with Crippen molar-refractivity contribution in [3.63, 3.8) is 0 Å². The Kier molecular flexibility index (Phi) is 9.40. The first-order valence-electron chi connectivity index (χ1n) is 8.39. The fourth-order valence-corrected chi connectivity index (χ4v) is 2.98. The van der Waals surface area contributed by atoms with E-state index < -0.39 is 48.1 Å². The van der Waals surface area contributed by atoms with Crippen LogP contribution in [-0.2, 0) is 33.4 Å². The molecule has 1 heterocycles. The summed E-state index contributed by atoms with van der Waals surface area (Å²) in [4.78, 5) is 25.0. The summed E-state index contributed by atoms with van der Waals surface area (Å²) in [6.07, 6.45) is 0.0267. The van der Waals surface area contributed by atoms with Gasteiger partial charge in [0.25, 0.3) is 0 Å². The minimum atomic E-state index is -4.89. The summed E-state index contributed by atoms with van der Waals surface area (Å²) in [6.45, 7) is -0.623. The fraction of sp³-hybridized carbons (Fsp3) is 0.714. The molecule has 1 fully saturated rings. The summed E-state index contributed by atoms with van der Waals surface area (Å²) in [5, 5.41) is 0. The second kappa shape index (κ2) is 10.8. The van der Waals surface area contributed by atoms with Crippen molar-refractivity contribution >= 4 is 29.4 Å². The van der Waals surface area contributed by atoms with Gasteiger partial charge in [-0.25, -0.2) is 4.18 Å². The van der Waals surface area contributed by atoms with Crippen molar-refractivity contribution in [1.29, 1.82) is 0 Å². The minimum Gasteiger partial charge on any atom is -0.497 e. The highest BCUT2D eigenvalue weighted by molar-refractivity contribution is 7.84. The number of halogens is 3. The van der Waals surface area contributed by atoms with Crippen molar-refractivity contribution in [2.24, 2.45) is 0 Å². The number of nitrogens with one attached hydrogen (secondary N) is 1. The Bertz CT molecular complexity index is 652. The Morgan fingerprint density at radius 2 is 1.86 bits per heavy atom. The Hall–Kier alpha value is -1.64. The van der Waals surface area contributed by atoms with Crippen molar-refractivity contribution in [3.05, 3.63) is 12.2 Å². The fourth-order valence-electron chi connectivity index (χ4n) is 2.10. The number of allylic oxidation sites excluding steroid dienone is 1. The minimum absolute atomic E-state index is 0.255. The van der Waals surface area contributed by atoms with Crippen LogP contribution in [0.1, 0.15) is 26.2 Å². The second-order valence-electron chi connectivity index (χ2n) is 6.07. The lowest BCUT2D eigenvalue weighted by Gasteiger charge is -2.26. The molecule has 9 nitrogen and oxygen atoms in total. The van der Waals surface area contributed by atoms with E-state index in [0.29, 0.717) is 6.42 Å². The molecule has 14 heteroatoms. The van der Waals surface area contributed by atoms with Gasteiger partial charge in [-0.2, -0.15) is 26.3 Å². The van der Waals surface area contributed by atoms with Gasteiger partial charge >= 0.3 is 35.5 Å². The predicted octanol–water partition coefficient (Wildman–Crippen LogP) is 0.574. The van der Waals surface area contributed by atoms with E-state index in [1.807, 2.05) is 11.6 Å². The Labute approximate surface area is 161 Å². The highest BCUT2D eigenvalue weighted by atomic mass is 32.2. The standard InChI is InChI=1S/C14H22BF3N2O7S/c1-3-4-5-6-7-11(19-28(23,24)25-10-14(16,17)18)15-26-12(21)8-20(2)9-13(22)27-15/h6-7,11,19H,3-5,8-10H2,1-2H3/b7-6+. The molecule has 0 amide bonds. The average molecular weight is 430 g/mol. The van der Waals surface area contributed by atoms with Crippen molar-refractivity contribution in [2.75, 3.05) is 26.7 Å². The van der Waals surface area contributed by atoms with E-state index in [9.17, 15) is 31.2 Å². The topological polar surface area (TPSA) is 111 Å². The summed E-state index contributed by atoms with van der Waals surface area (Å²) in [5.74, 6) is -3.07. The van der Waals surface area contributed by atoms with Crippen LogP contribution >= 0.6 is 0 Å². The van der Waals surface area contributed by atoms with Gasteiger partial charge in [0.05, 0.1) is 13.1 Å². The average Bonchev–Trinajstić information content (AvgIpc) is 2.53. The van der Waals surface area contributed by atoms with Crippen molar-refractivity contribution in [3.8, 4) is 0 Å². The van der Waals surface area contributed by atoms with Gasteiger partial charge in [-0.1, -0.05) is 31.9 Å². The first-order valence-corrected chi connectivity index (χ1v) is 9.80. The van der Waals surface area contributed by atoms with E-state index in [4.69, 9.17) is 9.31 Å². The Balaban J connectivity index is 2.97. The lowest BCUT2D eigenvalue weighted by atomic mass is 9.78. The zero-order chi connectivity index (χ0) is 21.4. The zero-order valence-corrected chi connectivity index (χ0v) is 16.2. The zero-order valence-electron chi connectivity index (χ0n) is 15.4. The van der Waals surface area contributed by atoms with Crippen LogP contribution in [0.3, 0.4) is 0 Å². The van der Waals surface area contributed by atoms with Crippen LogP contribution < -0.4 is 4.72 Å². The third kappa shape index (κ3) is 10.1. The molecule has 1 unspecified atom stereocenters. The van der Waals surface area contributed by atoms with Crippen LogP contribution in [0.25, 0.3) is 0 Å². The van der Waals surface area contributed by atoms with Gasteiger partial charge < -0.3 is 9.31 Å². The van der Waals surface area contributed by atoms with Crippen LogP contribution in [0.2, 0.25) is 0 Å². The molecular formula is C14H22BF3N2O7S. The molecule has 0 aliphatic carbocycles. The third-order valence-corrected chi connectivity index (χ3v) is 4.30. The molecule has 28 heavy (non-hydrogen) atoms. The van der Waals surface area contributed by atoms with E-state index in [1.54, 1.807) is 0 Å². The molecular weight excluding hydrogens is 408 g/mol. The maximum atomic E-state index is 12.2. The number of alkyl halides is 3. The Morgan fingerprint density at radius 1 is 1.29 bits per heavy atom. The van der Waals surface area contributed by atoms with E-state index in [0.717, 1.165) is 12.8 Å². The molecule has 0 aromatic carbocycles. The molecule has 1 N–H and O–H groups in total. The number of carbonyl (C=O) groups is 2. The SMILES string of the molecule is CCCC/C=C/C(NS(=O)(=O)OCC(F)(F)F)B1OC(=O)CN(C)CC(=O)O1. The molecule has 1 aliphatic rings. The first-order chi connectivity index (χ1) is 12.9. The lowest BCUT2D eigenvalue weighted by Crippen LogP contribution is -2.53. The molecule has 0 spiro atoms. The maximum Gasteiger partial charge on any atom is 0.622 e. The van der Waals surface area contributed by atoms with E-state index >= 15 is 0 Å². The molecule has 0 bridgehead atoms. The monoisotopic (exact) mass is 430 g/mol. The van der Waals surface area contributed by atoms with Gasteiger partial charge in [0.15, 0.2) is 6.61 Å². The smallest absolute Gasteiger partial charge is 0.497 e. The number of rotatable bonds is 9. The van der Waals surface area contributed by atoms with Crippen molar-refractivity contribution < 1.29 is 44.7 Å². The van der Waals surface area contributed by atoms with Crippen molar-refractivity contribution in [2.45, 2.75) is 38.3 Å². The number of likely N-dealkylation sites (N-methyl/N-ethyl adjacent to an activating group) is 1. The van der Waals surface area contributed by atoms with E-state index in [1.165, 1.54) is 24.1 Å². The molecule has 1 rings (SSSR count). The normalized spacial score (nSPS) is 18.5. The van der Waals surface area contributed by atoms with Crippen LogP contribution in [0.4, 0.5) is 13.2 Å². The molecule has 1 saturated heterocycles. The number of hydrogen-bond acceptors (Lipinski definition) is 8. The highest BCUT2D eigenvalue weighted by Crippen LogP contribution is 2.16. The number of carbonyl (C=O) groups excluding carboxylic acids is 2. The van der Waals surface area contributed by atoms with Gasteiger partial charge in [0.2, 0.25) is 0 Å².